The van der Waals surface area contributed by atoms with Crippen molar-refractivity contribution in [3.63, 3.8) is 0 Å². The van der Waals surface area contributed by atoms with Crippen LogP contribution in [-0.2, 0) is 4.74 Å². The lowest BCUT2D eigenvalue weighted by Crippen LogP contribution is -2.10. The third-order valence-electron chi connectivity index (χ3n) is 2.80. The van der Waals surface area contributed by atoms with Crippen LogP contribution in [0.25, 0.3) is 0 Å². The summed E-state index contributed by atoms with van der Waals surface area (Å²) in [6.07, 6.45) is 2.99. The van der Waals surface area contributed by atoms with Crippen LogP contribution in [0.4, 0.5) is 0 Å². The standard InChI is InChI=1S/C16H14Cl2NO/c1-3-9-20-16(15-11(2)5-4-8-19-15)13-7-6-12(17)10-14(13)18/h3-8,10,16H,1-2,9H2. The van der Waals surface area contributed by atoms with Gasteiger partial charge in [-0.05, 0) is 30.7 Å². The average Bonchev–Trinajstić information content (AvgIpc) is 2.42. The second-order valence-electron chi connectivity index (χ2n) is 4.22. The molecule has 0 fully saturated rings. The zero-order valence-electron chi connectivity index (χ0n) is 10.9. The van der Waals surface area contributed by atoms with E-state index in [1.165, 1.54) is 0 Å². The van der Waals surface area contributed by atoms with Crippen LogP contribution in [-0.4, -0.2) is 11.6 Å². The van der Waals surface area contributed by atoms with Crippen molar-refractivity contribution in [2.24, 2.45) is 0 Å². The molecular formula is C16H14Cl2NO. The van der Waals surface area contributed by atoms with Gasteiger partial charge in [0.25, 0.3) is 0 Å². The van der Waals surface area contributed by atoms with Crippen molar-refractivity contribution in [2.45, 2.75) is 6.10 Å². The van der Waals surface area contributed by atoms with Gasteiger partial charge in [0, 0.05) is 21.8 Å². The topological polar surface area (TPSA) is 22.1 Å². The SMILES string of the molecule is [CH2]c1cccnc1C(OCC=C)c1ccc(Cl)cc1Cl. The van der Waals surface area contributed by atoms with Crippen molar-refractivity contribution in [3.05, 3.63) is 83.0 Å². The molecule has 1 aromatic heterocycles. The van der Waals surface area contributed by atoms with Gasteiger partial charge in [0.05, 0.1) is 12.3 Å². The summed E-state index contributed by atoms with van der Waals surface area (Å²) >= 11 is 12.2. The summed E-state index contributed by atoms with van der Waals surface area (Å²) in [6.45, 7) is 8.04. The molecule has 2 rings (SSSR count). The minimum atomic E-state index is -0.397. The first-order chi connectivity index (χ1) is 9.63. The molecule has 0 N–H and O–H groups in total. The van der Waals surface area contributed by atoms with Crippen LogP contribution in [0.2, 0.25) is 10.0 Å². The molecule has 0 aliphatic carbocycles. The minimum absolute atomic E-state index is 0.389. The van der Waals surface area contributed by atoms with Crippen LogP contribution in [0.3, 0.4) is 0 Å². The van der Waals surface area contributed by atoms with Crippen LogP contribution < -0.4 is 0 Å². The molecule has 20 heavy (non-hydrogen) atoms. The van der Waals surface area contributed by atoms with Gasteiger partial charge in [-0.2, -0.15) is 0 Å². The Balaban J connectivity index is 2.47. The summed E-state index contributed by atoms with van der Waals surface area (Å²) in [7, 11) is 0. The summed E-state index contributed by atoms with van der Waals surface area (Å²) in [5.41, 5.74) is 2.34. The number of ether oxygens (including phenoxy) is 1. The summed E-state index contributed by atoms with van der Waals surface area (Å²) in [5.74, 6) is 0. The number of rotatable bonds is 5. The van der Waals surface area contributed by atoms with E-state index in [2.05, 4.69) is 18.5 Å². The molecule has 0 aliphatic heterocycles. The number of benzene rings is 1. The van der Waals surface area contributed by atoms with Gasteiger partial charge in [0.1, 0.15) is 6.10 Å². The molecule has 0 amide bonds. The summed E-state index contributed by atoms with van der Waals surface area (Å²) < 4.78 is 5.82. The zero-order valence-corrected chi connectivity index (χ0v) is 12.4. The third kappa shape index (κ3) is 3.40. The van der Waals surface area contributed by atoms with E-state index in [1.807, 2.05) is 18.2 Å². The Kier molecular flexibility index (Phi) is 5.18. The molecular weight excluding hydrogens is 293 g/mol. The van der Waals surface area contributed by atoms with Crippen LogP contribution in [0.1, 0.15) is 22.9 Å². The molecule has 4 heteroatoms. The van der Waals surface area contributed by atoms with Gasteiger partial charge in [-0.1, -0.05) is 41.4 Å². The van der Waals surface area contributed by atoms with Crippen molar-refractivity contribution in [2.75, 3.05) is 6.61 Å². The van der Waals surface area contributed by atoms with Gasteiger partial charge in [-0.15, -0.1) is 6.58 Å². The maximum absolute atomic E-state index is 6.27. The predicted octanol–water partition coefficient (Wildman–Crippen LogP) is 4.86. The highest BCUT2D eigenvalue weighted by Crippen LogP contribution is 2.33. The van der Waals surface area contributed by atoms with E-state index in [1.54, 1.807) is 24.4 Å². The smallest absolute Gasteiger partial charge is 0.127 e. The second-order valence-corrected chi connectivity index (χ2v) is 5.06. The Hall–Kier alpha value is -1.35. The van der Waals surface area contributed by atoms with Crippen LogP contribution in [0.15, 0.2) is 49.2 Å². The Labute approximate surface area is 129 Å². The fourth-order valence-electron chi connectivity index (χ4n) is 1.88. The van der Waals surface area contributed by atoms with Gasteiger partial charge in [0.2, 0.25) is 0 Å². The van der Waals surface area contributed by atoms with E-state index >= 15 is 0 Å². The average molecular weight is 307 g/mol. The number of pyridine rings is 1. The zero-order chi connectivity index (χ0) is 14.5. The van der Waals surface area contributed by atoms with Crippen LogP contribution >= 0.6 is 23.2 Å². The predicted molar refractivity (Wildman–Crippen MR) is 83.2 cm³/mol. The minimum Gasteiger partial charge on any atom is -0.363 e. The lowest BCUT2D eigenvalue weighted by Gasteiger charge is -2.20. The number of aromatic nitrogens is 1. The maximum atomic E-state index is 6.27. The van der Waals surface area contributed by atoms with E-state index < -0.39 is 6.10 Å². The normalized spacial score (nSPS) is 12.2. The Bertz CT molecular complexity index is 613. The first-order valence-electron chi connectivity index (χ1n) is 6.07. The van der Waals surface area contributed by atoms with Crippen molar-refractivity contribution in [3.8, 4) is 0 Å². The largest absolute Gasteiger partial charge is 0.363 e. The molecule has 0 saturated carbocycles. The molecule has 1 atom stereocenters. The van der Waals surface area contributed by atoms with Gasteiger partial charge in [-0.25, -0.2) is 0 Å². The van der Waals surface area contributed by atoms with Crippen molar-refractivity contribution >= 4 is 23.2 Å². The molecule has 1 unspecified atom stereocenters. The molecule has 2 aromatic rings. The van der Waals surface area contributed by atoms with Crippen molar-refractivity contribution < 1.29 is 4.74 Å². The number of hydrogen-bond donors (Lipinski definition) is 0. The molecule has 0 saturated heterocycles. The van der Waals surface area contributed by atoms with Crippen LogP contribution in [0, 0.1) is 6.92 Å². The molecule has 0 bridgehead atoms. The number of nitrogens with zero attached hydrogens (tertiary/aromatic N) is 1. The van der Waals surface area contributed by atoms with E-state index in [-0.39, 0.29) is 0 Å². The molecule has 1 aromatic carbocycles. The number of hydrogen-bond acceptors (Lipinski definition) is 2. The first kappa shape index (κ1) is 15.0. The van der Waals surface area contributed by atoms with Gasteiger partial charge < -0.3 is 4.74 Å². The highest BCUT2D eigenvalue weighted by Gasteiger charge is 2.20. The second kappa shape index (κ2) is 6.89. The molecule has 1 radical (unpaired) electrons. The van der Waals surface area contributed by atoms with E-state index in [4.69, 9.17) is 27.9 Å². The van der Waals surface area contributed by atoms with Gasteiger partial charge in [0.15, 0.2) is 0 Å². The van der Waals surface area contributed by atoms with Gasteiger partial charge in [-0.3, -0.25) is 4.98 Å². The lowest BCUT2D eigenvalue weighted by molar-refractivity contribution is 0.101. The molecule has 0 spiro atoms. The van der Waals surface area contributed by atoms with Gasteiger partial charge >= 0.3 is 0 Å². The molecule has 2 nitrogen and oxygen atoms in total. The monoisotopic (exact) mass is 306 g/mol. The third-order valence-corrected chi connectivity index (χ3v) is 3.36. The highest BCUT2D eigenvalue weighted by atomic mass is 35.5. The molecule has 0 aliphatic rings. The molecule has 103 valence electrons. The van der Waals surface area contributed by atoms with E-state index in [0.29, 0.717) is 16.7 Å². The van der Waals surface area contributed by atoms with Crippen molar-refractivity contribution in [1.29, 1.82) is 0 Å². The van der Waals surface area contributed by atoms with E-state index in [9.17, 15) is 0 Å². The highest BCUT2D eigenvalue weighted by molar-refractivity contribution is 6.35. The Morgan fingerprint density at radius 3 is 2.75 bits per heavy atom. The quantitative estimate of drug-likeness (QED) is 0.736. The first-order valence-corrected chi connectivity index (χ1v) is 6.83. The lowest BCUT2D eigenvalue weighted by atomic mass is 10.0. The maximum Gasteiger partial charge on any atom is 0.127 e. The Morgan fingerprint density at radius 2 is 2.10 bits per heavy atom. The summed E-state index contributed by atoms with van der Waals surface area (Å²) in [5, 5.41) is 1.12. The Morgan fingerprint density at radius 1 is 1.30 bits per heavy atom. The summed E-state index contributed by atoms with van der Waals surface area (Å²) in [4.78, 5) is 4.36. The fourth-order valence-corrected chi connectivity index (χ4v) is 2.39. The van der Waals surface area contributed by atoms with E-state index in [0.717, 1.165) is 16.8 Å². The van der Waals surface area contributed by atoms with Crippen molar-refractivity contribution in [1.82, 2.24) is 4.98 Å². The molecule has 1 heterocycles. The number of halogens is 2. The fraction of sp³-hybridized carbons (Fsp3) is 0.125. The van der Waals surface area contributed by atoms with Crippen LogP contribution in [0.5, 0.6) is 0 Å². The summed E-state index contributed by atoms with van der Waals surface area (Å²) in [6, 6.07) is 9.02.